The molecule has 8 aliphatic rings. The fraction of sp³-hybridized carbons (Fsp3) is 1.00. The second-order valence-electron chi connectivity index (χ2n) is 11.8. The van der Waals surface area contributed by atoms with Gasteiger partial charge in [0, 0.05) is 6.61 Å². The maximum absolute atomic E-state index is 10.6. The Kier molecular flexibility index (Phi) is 1.65. The molecule has 0 heterocycles. The van der Waals surface area contributed by atoms with E-state index in [4.69, 9.17) is 0 Å². The molecule has 8 fully saturated rings. The van der Waals surface area contributed by atoms with Crippen LogP contribution in [-0.2, 0) is 0 Å². The van der Waals surface area contributed by atoms with Gasteiger partial charge >= 0.3 is 0 Å². The molecule has 15 atom stereocenters. The van der Waals surface area contributed by atoms with Crippen LogP contribution in [0.3, 0.4) is 0 Å². The number of hydrogen-bond donors (Lipinski definition) is 1. The molecule has 8 rings (SSSR count). The van der Waals surface area contributed by atoms with Crippen LogP contribution in [-0.4, -0.2) is 11.7 Å². The summed E-state index contributed by atoms with van der Waals surface area (Å²) in [5, 5.41) is 10.6. The average molecular weight is 310 g/mol. The van der Waals surface area contributed by atoms with Crippen LogP contribution in [0.15, 0.2) is 0 Å². The molecular formula is C22H30O. The average Bonchev–Trinajstić information content (AvgIpc) is 3.26. The predicted octanol–water partition coefficient (Wildman–Crippen LogP) is 3.67. The molecule has 1 heteroatoms. The van der Waals surface area contributed by atoms with E-state index >= 15 is 0 Å². The fourth-order valence-corrected chi connectivity index (χ4v) is 13.3. The molecule has 0 spiro atoms. The minimum Gasteiger partial charge on any atom is -0.396 e. The number of hydrogen-bond acceptors (Lipinski definition) is 1. The van der Waals surface area contributed by atoms with Gasteiger partial charge in [0.2, 0.25) is 0 Å². The Morgan fingerprint density at radius 3 is 1.52 bits per heavy atom. The van der Waals surface area contributed by atoms with Gasteiger partial charge in [-0.2, -0.15) is 0 Å². The number of rotatable bonds is 1. The van der Waals surface area contributed by atoms with Gasteiger partial charge < -0.3 is 5.11 Å². The highest BCUT2D eigenvalue weighted by molar-refractivity contribution is 5.36. The highest BCUT2D eigenvalue weighted by Gasteiger charge is 2.90. The molecule has 0 aromatic rings. The summed E-state index contributed by atoms with van der Waals surface area (Å²) >= 11 is 0. The second-order valence-corrected chi connectivity index (χ2v) is 11.8. The van der Waals surface area contributed by atoms with Crippen LogP contribution in [0.1, 0.15) is 39.5 Å². The first kappa shape index (κ1) is 12.3. The Balaban J connectivity index is 1.50. The molecule has 0 aromatic heterocycles. The van der Waals surface area contributed by atoms with E-state index in [0.717, 1.165) is 82.3 Å². The summed E-state index contributed by atoms with van der Waals surface area (Å²) in [6.45, 7) is 5.85. The van der Waals surface area contributed by atoms with Gasteiger partial charge in [0.25, 0.3) is 0 Å². The third kappa shape index (κ3) is 0.825. The fourth-order valence-electron chi connectivity index (χ4n) is 13.3. The quantitative estimate of drug-likeness (QED) is 0.783. The maximum Gasteiger partial charge on any atom is 0.0490 e. The summed E-state index contributed by atoms with van der Waals surface area (Å²) in [7, 11) is 0. The lowest BCUT2D eigenvalue weighted by Gasteiger charge is -2.42. The molecule has 8 saturated carbocycles. The Hall–Kier alpha value is -0.0400. The largest absolute Gasteiger partial charge is 0.396 e. The van der Waals surface area contributed by atoms with Crippen molar-refractivity contribution in [3.63, 3.8) is 0 Å². The van der Waals surface area contributed by atoms with Crippen molar-refractivity contribution in [1.29, 1.82) is 0 Å². The van der Waals surface area contributed by atoms with Crippen LogP contribution in [0.25, 0.3) is 0 Å². The summed E-state index contributed by atoms with van der Waals surface area (Å²) < 4.78 is 0. The molecule has 0 radical (unpaired) electrons. The van der Waals surface area contributed by atoms with E-state index in [1.807, 2.05) is 0 Å². The zero-order chi connectivity index (χ0) is 15.0. The molecule has 1 nitrogen and oxygen atoms in total. The highest BCUT2D eigenvalue weighted by atomic mass is 16.3. The Bertz CT molecular complexity index is 602. The first-order valence-electron chi connectivity index (χ1n) is 10.7. The molecule has 0 aromatic carbocycles. The smallest absolute Gasteiger partial charge is 0.0490 e. The van der Waals surface area contributed by atoms with Crippen molar-refractivity contribution in [2.24, 2.45) is 87.8 Å². The minimum absolute atomic E-state index is 0.292. The number of aliphatic hydroxyl groups is 1. The summed E-state index contributed by atoms with van der Waals surface area (Å²) in [6.07, 6.45) is 6.18. The Morgan fingerprint density at radius 1 is 0.652 bits per heavy atom. The van der Waals surface area contributed by atoms with Crippen LogP contribution < -0.4 is 0 Å². The molecule has 8 aliphatic carbocycles. The van der Waals surface area contributed by atoms with Crippen molar-refractivity contribution in [2.75, 3.05) is 6.61 Å². The van der Waals surface area contributed by atoms with Gasteiger partial charge in [-0.1, -0.05) is 13.8 Å². The molecule has 0 amide bonds. The molecule has 1 N–H and O–H groups in total. The van der Waals surface area contributed by atoms with E-state index in [0.29, 0.717) is 12.0 Å². The normalized spacial score (nSPS) is 82.8. The van der Waals surface area contributed by atoms with Crippen molar-refractivity contribution in [2.45, 2.75) is 39.5 Å². The van der Waals surface area contributed by atoms with Gasteiger partial charge in [0.15, 0.2) is 0 Å². The number of aliphatic hydroxyl groups excluding tert-OH is 1. The first-order valence-corrected chi connectivity index (χ1v) is 10.7. The van der Waals surface area contributed by atoms with E-state index in [-0.39, 0.29) is 0 Å². The third-order valence-corrected chi connectivity index (χ3v) is 12.4. The lowest BCUT2D eigenvalue weighted by Crippen LogP contribution is -2.40. The van der Waals surface area contributed by atoms with Crippen molar-refractivity contribution in [1.82, 2.24) is 0 Å². The summed E-state index contributed by atoms with van der Waals surface area (Å²) in [4.78, 5) is 0. The molecule has 23 heavy (non-hydrogen) atoms. The monoisotopic (exact) mass is 310 g/mol. The molecule has 124 valence electrons. The second kappa shape index (κ2) is 3.08. The van der Waals surface area contributed by atoms with Crippen molar-refractivity contribution in [3.05, 3.63) is 0 Å². The lowest BCUT2D eigenvalue weighted by atomic mass is 9.63. The van der Waals surface area contributed by atoms with Crippen LogP contribution in [0.2, 0.25) is 0 Å². The van der Waals surface area contributed by atoms with Crippen LogP contribution in [0.5, 0.6) is 0 Å². The SMILES string of the molecule is CC1(CO)[C@@H]2[C@@H]3CC[C@H]4C5[C@@H]6CC[C@@H]7[C@H]6[C@H]6[C@H]([C@H]2[C@@H]([C@H]34)C56C)[C@H]71. The predicted molar refractivity (Wildman–Crippen MR) is 87.1 cm³/mol. The molecule has 0 saturated heterocycles. The zero-order valence-electron chi connectivity index (χ0n) is 14.5. The van der Waals surface area contributed by atoms with E-state index in [1.165, 1.54) is 12.8 Å². The first-order chi connectivity index (χ1) is 11.1. The van der Waals surface area contributed by atoms with Crippen LogP contribution in [0.4, 0.5) is 0 Å². The molecular weight excluding hydrogens is 280 g/mol. The van der Waals surface area contributed by atoms with Crippen molar-refractivity contribution >= 4 is 0 Å². The maximum atomic E-state index is 10.6. The van der Waals surface area contributed by atoms with E-state index in [2.05, 4.69) is 13.8 Å². The van der Waals surface area contributed by atoms with E-state index < -0.39 is 0 Å². The highest BCUT2D eigenvalue weighted by Crippen LogP contribution is 2.93. The molecule has 3 unspecified atom stereocenters. The zero-order valence-corrected chi connectivity index (χ0v) is 14.5. The van der Waals surface area contributed by atoms with Gasteiger partial charge in [0.1, 0.15) is 0 Å². The standard InChI is InChI=1S/C22H30O/c1-21(7-23)17-10-5-3-8-12(10)19-14(17)15-18(21)11-6-4-9-13(11)20(15)22(19,2)16(8)9/h8-20,23H,3-7H2,1-2H3/t8-,9-,10-,11-,12+,13+,14-,15-,16?,17-,18+,19-,20+,21?,22?/m1/s1. The van der Waals surface area contributed by atoms with E-state index in [9.17, 15) is 5.11 Å². The van der Waals surface area contributed by atoms with Crippen molar-refractivity contribution in [3.8, 4) is 0 Å². The third-order valence-electron chi connectivity index (χ3n) is 12.4. The Morgan fingerprint density at radius 2 is 1.09 bits per heavy atom. The summed E-state index contributed by atoms with van der Waals surface area (Å²) in [6, 6.07) is 0. The van der Waals surface area contributed by atoms with Crippen LogP contribution >= 0.6 is 0 Å². The number of fused-ring (bicyclic) bond motifs is 4. The molecule has 0 aliphatic heterocycles. The van der Waals surface area contributed by atoms with Gasteiger partial charge in [-0.15, -0.1) is 0 Å². The lowest BCUT2D eigenvalue weighted by molar-refractivity contribution is 0.00220. The minimum atomic E-state index is 0.292. The van der Waals surface area contributed by atoms with E-state index in [1.54, 1.807) is 12.8 Å². The van der Waals surface area contributed by atoms with Gasteiger partial charge in [-0.05, 0) is 113 Å². The summed E-state index contributed by atoms with van der Waals surface area (Å²) in [5.41, 5.74) is 1.04. The van der Waals surface area contributed by atoms with Gasteiger partial charge in [-0.25, -0.2) is 0 Å². The summed E-state index contributed by atoms with van der Waals surface area (Å²) in [5.74, 6) is 13.7. The molecule has 0 bridgehead atoms. The van der Waals surface area contributed by atoms with Gasteiger partial charge in [0.05, 0.1) is 0 Å². The topological polar surface area (TPSA) is 20.2 Å². The Labute approximate surface area is 139 Å². The van der Waals surface area contributed by atoms with Gasteiger partial charge in [-0.3, -0.25) is 0 Å². The van der Waals surface area contributed by atoms with Crippen molar-refractivity contribution < 1.29 is 5.11 Å². The van der Waals surface area contributed by atoms with Crippen LogP contribution in [0, 0.1) is 87.8 Å².